The maximum absolute atomic E-state index is 12.8. The number of esters is 2. The van der Waals surface area contributed by atoms with Gasteiger partial charge in [0.1, 0.15) is 17.7 Å². The molecule has 0 aliphatic carbocycles. The van der Waals surface area contributed by atoms with Crippen LogP contribution >= 0.6 is 0 Å². The number of hydrogen-bond donors (Lipinski definition) is 0. The molecule has 0 spiro atoms. The zero-order chi connectivity index (χ0) is 21.3. The molecule has 1 fully saturated rings. The van der Waals surface area contributed by atoms with Crippen molar-refractivity contribution in [2.24, 2.45) is 11.8 Å². The van der Waals surface area contributed by atoms with Crippen molar-refractivity contribution in [3.8, 4) is 0 Å². The smallest absolute Gasteiger partial charge is 0.331 e. The fraction of sp³-hybridized carbons (Fsp3) is 0.789. The molecule has 8 nitrogen and oxygen atoms in total. The molecule has 1 aliphatic heterocycles. The highest BCUT2D eigenvalue weighted by Gasteiger charge is 2.50. The molecule has 2 amide bonds. The molecule has 0 N–H and O–H groups in total. The summed E-state index contributed by atoms with van der Waals surface area (Å²) in [5, 5.41) is 2.04. The average Bonchev–Trinajstić information content (AvgIpc) is 2.43. The van der Waals surface area contributed by atoms with Gasteiger partial charge >= 0.3 is 11.9 Å². The maximum atomic E-state index is 12.8. The third kappa shape index (κ3) is 5.94. The highest BCUT2D eigenvalue weighted by Crippen LogP contribution is 2.31. The summed E-state index contributed by atoms with van der Waals surface area (Å²) in [5.74, 6) is -3.25. The number of carbonyl (C=O) groups is 4. The Morgan fingerprint density at radius 1 is 0.963 bits per heavy atom. The van der Waals surface area contributed by atoms with Crippen LogP contribution in [0, 0.1) is 11.8 Å². The Morgan fingerprint density at radius 2 is 1.44 bits per heavy atom. The number of hydrogen-bond acceptors (Lipinski definition) is 6. The van der Waals surface area contributed by atoms with E-state index in [1.165, 1.54) is 6.92 Å². The highest BCUT2D eigenvalue weighted by atomic mass is 16.6. The van der Waals surface area contributed by atoms with Gasteiger partial charge in [-0.2, -0.15) is 0 Å². The standard InChI is InChI=1S/C19H32N2O6/c1-11-12(2)16(24)20(10-14(23)26-18(4,5)6)21(13(3)22)15(11)17(25)27-19(7,8)9/h11-12,15H,10H2,1-9H3/t11-,12+,15+/m1/s1. The first kappa shape index (κ1) is 22.9. The predicted octanol–water partition coefficient (Wildman–Crippen LogP) is 1.92. The molecule has 3 atom stereocenters. The molecule has 1 aliphatic rings. The van der Waals surface area contributed by atoms with Crippen LogP contribution in [-0.2, 0) is 28.7 Å². The van der Waals surface area contributed by atoms with Gasteiger partial charge in [-0.25, -0.2) is 14.8 Å². The number of ether oxygens (including phenoxy) is 2. The van der Waals surface area contributed by atoms with Crippen molar-refractivity contribution in [3.63, 3.8) is 0 Å². The van der Waals surface area contributed by atoms with E-state index in [9.17, 15) is 19.2 Å². The molecule has 0 saturated carbocycles. The largest absolute Gasteiger partial charge is 0.459 e. The molecule has 0 bridgehead atoms. The second-order valence-corrected chi connectivity index (χ2v) is 8.97. The van der Waals surface area contributed by atoms with Crippen molar-refractivity contribution in [2.45, 2.75) is 79.6 Å². The van der Waals surface area contributed by atoms with Crippen molar-refractivity contribution < 1.29 is 28.7 Å². The second kappa shape index (κ2) is 7.86. The lowest BCUT2D eigenvalue weighted by Crippen LogP contribution is -2.67. The van der Waals surface area contributed by atoms with Gasteiger partial charge in [-0.3, -0.25) is 14.4 Å². The Morgan fingerprint density at radius 3 is 1.85 bits per heavy atom. The first-order chi connectivity index (χ1) is 12.0. The van der Waals surface area contributed by atoms with Crippen LogP contribution in [0.1, 0.15) is 62.3 Å². The van der Waals surface area contributed by atoms with Crippen LogP contribution in [0.3, 0.4) is 0 Å². The third-order valence-corrected chi connectivity index (χ3v) is 4.12. The molecule has 0 aromatic rings. The minimum Gasteiger partial charge on any atom is -0.459 e. The second-order valence-electron chi connectivity index (χ2n) is 8.97. The van der Waals surface area contributed by atoms with Crippen LogP contribution in [0.4, 0.5) is 0 Å². The van der Waals surface area contributed by atoms with Crippen LogP contribution < -0.4 is 0 Å². The van der Waals surface area contributed by atoms with Crippen LogP contribution in [-0.4, -0.2) is 57.6 Å². The lowest BCUT2D eigenvalue weighted by Gasteiger charge is -2.47. The molecule has 0 unspecified atom stereocenters. The van der Waals surface area contributed by atoms with Gasteiger partial charge in [0.15, 0.2) is 6.04 Å². The number of rotatable bonds is 3. The summed E-state index contributed by atoms with van der Waals surface area (Å²) in [7, 11) is 0. The van der Waals surface area contributed by atoms with E-state index in [0.717, 1.165) is 10.0 Å². The number of nitrogens with zero attached hydrogens (tertiary/aromatic N) is 2. The quantitative estimate of drug-likeness (QED) is 0.690. The number of carbonyl (C=O) groups excluding carboxylic acids is 4. The third-order valence-electron chi connectivity index (χ3n) is 4.12. The fourth-order valence-electron chi connectivity index (χ4n) is 2.91. The highest BCUT2D eigenvalue weighted by molar-refractivity contribution is 5.92. The summed E-state index contributed by atoms with van der Waals surface area (Å²) in [6, 6.07) is -1.00. The molecule has 1 heterocycles. The molecule has 0 radical (unpaired) electrons. The topological polar surface area (TPSA) is 93.2 Å². The summed E-state index contributed by atoms with van der Waals surface area (Å²) in [5.41, 5.74) is -1.49. The van der Waals surface area contributed by atoms with Crippen LogP contribution in [0.25, 0.3) is 0 Å². The first-order valence-corrected chi connectivity index (χ1v) is 9.11. The van der Waals surface area contributed by atoms with Gasteiger partial charge in [0.2, 0.25) is 11.8 Å². The van der Waals surface area contributed by atoms with Gasteiger partial charge < -0.3 is 9.47 Å². The van der Waals surface area contributed by atoms with Crippen LogP contribution in [0.5, 0.6) is 0 Å². The molecule has 0 aromatic heterocycles. The zero-order valence-electron chi connectivity index (χ0n) is 17.8. The van der Waals surface area contributed by atoms with E-state index in [2.05, 4.69) is 0 Å². The number of hydrazine groups is 1. The number of amides is 2. The molecule has 1 rings (SSSR count). The van der Waals surface area contributed by atoms with Crippen molar-refractivity contribution in [1.82, 2.24) is 10.0 Å². The van der Waals surface area contributed by atoms with E-state index < -0.39 is 59.4 Å². The van der Waals surface area contributed by atoms with E-state index in [-0.39, 0.29) is 0 Å². The fourth-order valence-corrected chi connectivity index (χ4v) is 2.91. The van der Waals surface area contributed by atoms with E-state index in [4.69, 9.17) is 9.47 Å². The molecule has 0 aromatic carbocycles. The van der Waals surface area contributed by atoms with E-state index in [1.54, 1.807) is 55.4 Å². The van der Waals surface area contributed by atoms with Crippen molar-refractivity contribution in [1.29, 1.82) is 0 Å². The van der Waals surface area contributed by atoms with Gasteiger partial charge in [-0.1, -0.05) is 13.8 Å². The molecule has 1 saturated heterocycles. The van der Waals surface area contributed by atoms with E-state index in [1.807, 2.05) is 0 Å². The summed E-state index contributed by atoms with van der Waals surface area (Å²) >= 11 is 0. The van der Waals surface area contributed by atoms with Crippen LogP contribution in [0.15, 0.2) is 0 Å². The van der Waals surface area contributed by atoms with Gasteiger partial charge in [0.25, 0.3) is 0 Å². The Bertz CT molecular complexity index is 617. The van der Waals surface area contributed by atoms with E-state index >= 15 is 0 Å². The monoisotopic (exact) mass is 384 g/mol. The molecule has 8 heteroatoms. The molecule has 27 heavy (non-hydrogen) atoms. The average molecular weight is 384 g/mol. The Hall–Kier alpha value is -2.12. The minimum atomic E-state index is -1.00. The Labute approximate surface area is 161 Å². The molecular weight excluding hydrogens is 352 g/mol. The van der Waals surface area contributed by atoms with Gasteiger partial charge in [-0.05, 0) is 41.5 Å². The first-order valence-electron chi connectivity index (χ1n) is 9.11. The van der Waals surface area contributed by atoms with Gasteiger partial charge in [-0.15, -0.1) is 0 Å². The van der Waals surface area contributed by atoms with Crippen molar-refractivity contribution in [2.75, 3.05) is 6.54 Å². The summed E-state index contributed by atoms with van der Waals surface area (Å²) in [6.45, 7) is 14.5. The minimum absolute atomic E-state index is 0.414. The lowest BCUT2D eigenvalue weighted by molar-refractivity contribution is -0.202. The van der Waals surface area contributed by atoms with Crippen LogP contribution in [0.2, 0.25) is 0 Å². The maximum Gasteiger partial charge on any atom is 0.331 e. The Balaban J connectivity index is 3.24. The molecular formula is C19H32N2O6. The van der Waals surface area contributed by atoms with Crippen molar-refractivity contribution >= 4 is 23.8 Å². The SMILES string of the molecule is CC(=O)N1[C@H](C(=O)OC(C)(C)C)[C@H](C)[C@H](C)C(=O)N1CC(=O)OC(C)(C)C. The normalized spacial score (nSPS) is 23.9. The molecule has 154 valence electrons. The summed E-state index contributed by atoms with van der Waals surface area (Å²) in [4.78, 5) is 50.1. The lowest BCUT2D eigenvalue weighted by atomic mass is 9.85. The van der Waals surface area contributed by atoms with Crippen molar-refractivity contribution in [3.05, 3.63) is 0 Å². The van der Waals surface area contributed by atoms with E-state index in [0.29, 0.717) is 0 Å². The van der Waals surface area contributed by atoms with Gasteiger partial charge in [0, 0.05) is 18.8 Å². The predicted molar refractivity (Wildman–Crippen MR) is 98.0 cm³/mol. The summed E-state index contributed by atoms with van der Waals surface area (Å²) < 4.78 is 10.7. The van der Waals surface area contributed by atoms with Gasteiger partial charge in [0.05, 0.1) is 0 Å². The summed E-state index contributed by atoms with van der Waals surface area (Å²) in [6.07, 6.45) is 0. The Kier molecular flexibility index (Phi) is 6.67. The zero-order valence-corrected chi connectivity index (χ0v) is 17.8.